The van der Waals surface area contributed by atoms with Crippen LogP contribution in [-0.4, -0.2) is 34.5 Å². The van der Waals surface area contributed by atoms with Crippen molar-refractivity contribution in [3.05, 3.63) is 17.8 Å². The van der Waals surface area contributed by atoms with Crippen LogP contribution in [0, 0.1) is 6.92 Å². The molecule has 0 aliphatic heterocycles. The number of likely N-dealkylation sites (N-methyl/N-ethyl adjacent to an activating group) is 1. The molecule has 0 spiro atoms. The van der Waals surface area contributed by atoms with Gasteiger partial charge in [0.2, 0.25) is 0 Å². The third-order valence-electron chi connectivity index (χ3n) is 3.24. The van der Waals surface area contributed by atoms with Crippen molar-refractivity contribution in [1.29, 1.82) is 0 Å². The van der Waals surface area contributed by atoms with Crippen LogP contribution in [0.2, 0.25) is 0 Å². The maximum absolute atomic E-state index is 10.3. The highest BCUT2D eigenvalue weighted by Gasteiger charge is 2.32. The summed E-state index contributed by atoms with van der Waals surface area (Å²) in [6.07, 6.45) is 5.79. The highest BCUT2D eigenvalue weighted by Crippen LogP contribution is 2.30. The number of rotatable bonds is 3. The molecule has 1 aromatic heterocycles. The first-order valence-electron chi connectivity index (χ1n) is 5.82. The molecular formula is C12H19N3O. The second-order valence-electron chi connectivity index (χ2n) is 4.88. The molecule has 0 aromatic carbocycles. The summed E-state index contributed by atoms with van der Waals surface area (Å²) in [5.74, 6) is 0.834. The average molecular weight is 221 g/mol. The predicted molar refractivity (Wildman–Crippen MR) is 63.5 cm³/mol. The number of anilines is 1. The molecule has 1 saturated carbocycles. The molecule has 0 radical (unpaired) electrons. The molecule has 4 nitrogen and oxygen atoms in total. The SMILES string of the molecule is Cc1cnnc(N(C)CC2(O)CCCC2)c1. The molecule has 0 amide bonds. The quantitative estimate of drug-likeness (QED) is 0.841. The molecule has 2 rings (SSSR count). The van der Waals surface area contributed by atoms with E-state index in [-0.39, 0.29) is 0 Å². The molecule has 16 heavy (non-hydrogen) atoms. The molecule has 1 aliphatic carbocycles. The summed E-state index contributed by atoms with van der Waals surface area (Å²) in [5, 5.41) is 18.3. The average Bonchev–Trinajstić information content (AvgIpc) is 2.65. The van der Waals surface area contributed by atoms with Crippen molar-refractivity contribution in [1.82, 2.24) is 10.2 Å². The Morgan fingerprint density at radius 1 is 1.44 bits per heavy atom. The fourth-order valence-electron chi connectivity index (χ4n) is 2.35. The van der Waals surface area contributed by atoms with Crippen LogP contribution in [0.3, 0.4) is 0 Å². The monoisotopic (exact) mass is 221 g/mol. The van der Waals surface area contributed by atoms with Gasteiger partial charge in [0, 0.05) is 13.6 Å². The lowest BCUT2D eigenvalue weighted by Crippen LogP contribution is -2.39. The van der Waals surface area contributed by atoms with Crippen LogP contribution in [-0.2, 0) is 0 Å². The molecule has 1 heterocycles. The molecule has 0 unspecified atom stereocenters. The van der Waals surface area contributed by atoms with Crippen LogP contribution in [0.1, 0.15) is 31.2 Å². The maximum Gasteiger partial charge on any atom is 0.151 e. The molecule has 0 atom stereocenters. The maximum atomic E-state index is 10.3. The Morgan fingerprint density at radius 3 is 2.75 bits per heavy atom. The Morgan fingerprint density at radius 2 is 2.12 bits per heavy atom. The van der Waals surface area contributed by atoms with E-state index in [0.717, 1.165) is 37.1 Å². The van der Waals surface area contributed by atoms with Gasteiger partial charge in [-0.25, -0.2) is 0 Å². The molecule has 4 heteroatoms. The van der Waals surface area contributed by atoms with Crippen LogP contribution in [0.25, 0.3) is 0 Å². The van der Waals surface area contributed by atoms with Crippen LogP contribution in [0.4, 0.5) is 5.82 Å². The summed E-state index contributed by atoms with van der Waals surface area (Å²) < 4.78 is 0. The molecular weight excluding hydrogens is 202 g/mol. The first kappa shape index (κ1) is 11.3. The van der Waals surface area contributed by atoms with Gasteiger partial charge in [-0.15, -0.1) is 5.10 Å². The smallest absolute Gasteiger partial charge is 0.151 e. The van der Waals surface area contributed by atoms with Crippen LogP contribution >= 0.6 is 0 Å². The van der Waals surface area contributed by atoms with Crippen molar-refractivity contribution in [3.8, 4) is 0 Å². The van der Waals surface area contributed by atoms with Gasteiger partial charge in [-0.1, -0.05) is 12.8 Å². The standard InChI is InChI=1S/C12H19N3O/c1-10-7-11(14-13-8-10)15(2)9-12(16)5-3-4-6-12/h7-8,16H,3-6,9H2,1-2H3. The number of hydrogen-bond donors (Lipinski definition) is 1. The van der Waals surface area contributed by atoms with Crippen LogP contribution in [0.15, 0.2) is 12.3 Å². The molecule has 1 N–H and O–H groups in total. The van der Waals surface area contributed by atoms with Crippen LogP contribution < -0.4 is 4.90 Å². The summed E-state index contributed by atoms with van der Waals surface area (Å²) >= 11 is 0. The topological polar surface area (TPSA) is 49.2 Å². The minimum absolute atomic E-state index is 0.528. The number of aryl methyl sites for hydroxylation is 1. The second-order valence-corrected chi connectivity index (χ2v) is 4.88. The van der Waals surface area contributed by atoms with E-state index in [2.05, 4.69) is 10.2 Å². The first-order valence-corrected chi connectivity index (χ1v) is 5.82. The molecule has 1 fully saturated rings. The predicted octanol–water partition coefficient (Wildman–Crippen LogP) is 1.53. The zero-order chi connectivity index (χ0) is 11.6. The van der Waals surface area contributed by atoms with E-state index in [9.17, 15) is 5.11 Å². The van der Waals surface area contributed by atoms with Gasteiger partial charge in [0.1, 0.15) is 0 Å². The first-order chi connectivity index (χ1) is 7.59. The lowest BCUT2D eigenvalue weighted by atomic mass is 10.0. The third-order valence-corrected chi connectivity index (χ3v) is 3.24. The molecule has 0 bridgehead atoms. The zero-order valence-electron chi connectivity index (χ0n) is 9.98. The number of aliphatic hydroxyl groups is 1. The number of hydrogen-bond acceptors (Lipinski definition) is 4. The van der Waals surface area contributed by atoms with E-state index in [1.165, 1.54) is 0 Å². The zero-order valence-corrected chi connectivity index (χ0v) is 9.98. The van der Waals surface area contributed by atoms with Gasteiger partial charge in [-0.05, 0) is 31.4 Å². The number of aromatic nitrogens is 2. The van der Waals surface area contributed by atoms with E-state index in [4.69, 9.17) is 0 Å². The van der Waals surface area contributed by atoms with Gasteiger partial charge in [0.05, 0.1) is 11.8 Å². The minimum atomic E-state index is -0.528. The van der Waals surface area contributed by atoms with Crippen molar-refractivity contribution >= 4 is 5.82 Å². The fraction of sp³-hybridized carbons (Fsp3) is 0.667. The van der Waals surface area contributed by atoms with Crippen molar-refractivity contribution in [2.24, 2.45) is 0 Å². The Bertz CT molecular complexity index is 361. The second kappa shape index (κ2) is 4.37. The van der Waals surface area contributed by atoms with Crippen molar-refractivity contribution in [3.63, 3.8) is 0 Å². The lowest BCUT2D eigenvalue weighted by Gasteiger charge is -2.29. The van der Waals surface area contributed by atoms with Gasteiger partial charge in [0.25, 0.3) is 0 Å². The molecule has 1 aliphatic rings. The summed E-state index contributed by atoms with van der Waals surface area (Å²) in [7, 11) is 1.96. The minimum Gasteiger partial charge on any atom is -0.388 e. The Hall–Kier alpha value is -1.16. The largest absolute Gasteiger partial charge is 0.388 e. The van der Waals surface area contributed by atoms with E-state index in [1.54, 1.807) is 6.20 Å². The van der Waals surface area contributed by atoms with E-state index in [0.29, 0.717) is 6.54 Å². The van der Waals surface area contributed by atoms with E-state index < -0.39 is 5.60 Å². The summed E-state index contributed by atoms with van der Waals surface area (Å²) in [6, 6.07) is 1.99. The lowest BCUT2D eigenvalue weighted by molar-refractivity contribution is 0.0557. The van der Waals surface area contributed by atoms with E-state index >= 15 is 0 Å². The van der Waals surface area contributed by atoms with Crippen molar-refractivity contribution < 1.29 is 5.11 Å². The van der Waals surface area contributed by atoms with Gasteiger partial charge in [-0.2, -0.15) is 5.10 Å². The number of nitrogens with zero attached hydrogens (tertiary/aromatic N) is 3. The normalized spacial score (nSPS) is 18.7. The fourth-order valence-corrected chi connectivity index (χ4v) is 2.35. The van der Waals surface area contributed by atoms with Gasteiger partial charge in [0.15, 0.2) is 5.82 Å². The van der Waals surface area contributed by atoms with Gasteiger partial charge >= 0.3 is 0 Å². The third kappa shape index (κ3) is 2.50. The Kier molecular flexibility index (Phi) is 3.10. The summed E-state index contributed by atoms with van der Waals surface area (Å²) in [6.45, 7) is 2.64. The summed E-state index contributed by atoms with van der Waals surface area (Å²) in [5.41, 5.74) is 0.565. The summed E-state index contributed by atoms with van der Waals surface area (Å²) in [4.78, 5) is 1.99. The van der Waals surface area contributed by atoms with Crippen molar-refractivity contribution in [2.75, 3.05) is 18.5 Å². The Labute approximate surface area is 96.3 Å². The van der Waals surface area contributed by atoms with E-state index in [1.807, 2.05) is 24.9 Å². The molecule has 88 valence electrons. The molecule has 1 aromatic rings. The highest BCUT2D eigenvalue weighted by atomic mass is 16.3. The van der Waals surface area contributed by atoms with Crippen molar-refractivity contribution in [2.45, 2.75) is 38.2 Å². The van der Waals surface area contributed by atoms with Crippen LogP contribution in [0.5, 0.6) is 0 Å². The molecule has 0 saturated heterocycles. The highest BCUT2D eigenvalue weighted by molar-refractivity contribution is 5.38. The van der Waals surface area contributed by atoms with Gasteiger partial charge in [-0.3, -0.25) is 0 Å². The van der Waals surface area contributed by atoms with Gasteiger partial charge < -0.3 is 10.0 Å². The Balaban J connectivity index is 2.05.